The van der Waals surface area contributed by atoms with Crippen molar-refractivity contribution < 1.29 is 23.6 Å². The van der Waals surface area contributed by atoms with E-state index >= 15 is 0 Å². The van der Waals surface area contributed by atoms with Gasteiger partial charge in [0, 0.05) is 0 Å². The summed E-state index contributed by atoms with van der Waals surface area (Å²) in [5.74, 6) is 0. The van der Waals surface area contributed by atoms with Crippen LogP contribution in [0.25, 0.3) is 0 Å². The molecular weight excluding hydrogens is 201 g/mol. The summed E-state index contributed by atoms with van der Waals surface area (Å²) in [5.41, 5.74) is -1.44. The van der Waals surface area contributed by atoms with Crippen molar-refractivity contribution in [3.8, 4) is 0 Å². The Morgan fingerprint density at radius 1 is 1.36 bits per heavy atom. The number of nitrogens with zero attached hydrogens (tertiary/aromatic N) is 2. The second-order valence-corrected chi connectivity index (χ2v) is 2.65. The van der Waals surface area contributed by atoms with E-state index in [1.54, 1.807) is 0 Å². The minimum absolute atomic E-state index is 0.178. The molecule has 0 spiro atoms. The van der Waals surface area contributed by atoms with Crippen LogP contribution in [-0.2, 0) is 6.18 Å². The van der Waals surface area contributed by atoms with Gasteiger partial charge in [0.1, 0.15) is 11.4 Å². The topological polar surface area (TPSA) is 56.6 Å². The number of alkyl halides is 3. The van der Waals surface area contributed by atoms with Crippen LogP contribution in [0.1, 0.15) is 11.3 Å². The zero-order valence-corrected chi connectivity index (χ0v) is 7.08. The van der Waals surface area contributed by atoms with Gasteiger partial charge in [0.2, 0.25) is 0 Å². The molecule has 1 heterocycles. The van der Waals surface area contributed by atoms with Crippen molar-refractivity contribution in [1.29, 1.82) is 0 Å². The molecule has 0 aliphatic rings. The van der Waals surface area contributed by atoms with Crippen LogP contribution in [0.15, 0.2) is 12.3 Å². The van der Waals surface area contributed by atoms with Gasteiger partial charge in [-0.15, -0.1) is 5.23 Å². The minimum Gasteiger partial charge on any atom is -0.264 e. The first-order chi connectivity index (χ1) is 6.32. The molecule has 0 radical (unpaired) electrons. The summed E-state index contributed by atoms with van der Waals surface area (Å²) in [6.45, 7) is 1.18. The number of anilines is 1. The first kappa shape index (κ1) is 10.7. The van der Waals surface area contributed by atoms with Crippen LogP contribution in [0.5, 0.6) is 0 Å². The van der Waals surface area contributed by atoms with Gasteiger partial charge in [-0.1, -0.05) is 0 Å². The van der Waals surface area contributed by atoms with E-state index in [-0.39, 0.29) is 16.5 Å². The molecule has 0 unspecified atom stereocenters. The smallest absolute Gasteiger partial charge is 0.264 e. The molecular formula is C7H7F3N2O2. The van der Waals surface area contributed by atoms with Crippen molar-refractivity contribution >= 4 is 5.69 Å². The van der Waals surface area contributed by atoms with Gasteiger partial charge in [0.15, 0.2) is 0 Å². The molecule has 0 aliphatic carbocycles. The van der Waals surface area contributed by atoms with Gasteiger partial charge in [-0.25, -0.2) is 4.98 Å². The van der Waals surface area contributed by atoms with Crippen molar-refractivity contribution in [1.82, 2.24) is 4.98 Å². The van der Waals surface area contributed by atoms with E-state index in [2.05, 4.69) is 4.98 Å². The van der Waals surface area contributed by atoms with Gasteiger partial charge in [-0.3, -0.25) is 10.4 Å². The maximum absolute atomic E-state index is 12.2. The number of pyridine rings is 1. The summed E-state index contributed by atoms with van der Waals surface area (Å²) in [4.78, 5) is 3.08. The third kappa shape index (κ3) is 2.12. The van der Waals surface area contributed by atoms with Crippen LogP contribution in [0.4, 0.5) is 18.9 Å². The predicted octanol–water partition coefficient (Wildman–Crippen LogP) is 1.99. The average molecular weight is 208 g/mol. The molecule has 0 atom stereocenters. The van der Waals surface area contributed by atoms with Crippen LogP contribution < -0.4 is 5.23 Å². The highest BCUT2D eigenvalue weighted by Crippen LogP contribution is 2.31. The Hall–Kier alpha value is -1.34. The zero-order valence-electron chi connectivity index (χ0n) is 7.08. The second kappa shape index (κ2) is 3.43. The van der Waals surface area contributed by atoms with Crippen molar-refractivity contribution in [2.75, 3.05) is 5.23 Å². The third-order valence-electron chi connectivity index (χ3n) is 1.56. The Balaban J connectivity index is 3.15. The van der Waals surface area contributed by atoms with Gasteiger partial charge in [-0.05, 0) is 18.6 Å². The fraction of sp³-hybridized carbons (Fsp3) is 0.286. The minimum atomic E-state index is -4.53. The molecule has 4 nitrogen and oxygen atoms in total. The summed E-state index contributed by atoms with van der Waals surface area (Å²) in [6.07, 6.45) is -3.81. The first-order valence-corrected chi connectivity index (χ1v) is 3.54. The van der Waals surface area contributed by atoms with E-state index < -0.39 is 11.9 Å². The number of aryl methyl sites for hydroxylation is 1. The summed E-state index contributed by atoms with van der Waals surface area (Å²) in [7, 11) is 0. The third-order valence-corrected chi connectivity index (χ3v) is 1.56. The summed E-state index contributed by atoms with van der Waals surface area (Å²) in [5, 5.41) is 16.7. The number of aromatic nitrogens is 1. The molecule has 1 aromatic heterocycles. The van der Waals surface area contributed by atoms with E-state index in [1.807, 2.05) is 0 Å². The largest absolute Gasteiger partial charge is 0.433 e. The maximum Gasteiger partial charge on any atom is 0.433 e. The standard InChI is InChI=1S/C7H7F3N2O2/c1-4-2-5(12(13)14)3-11-6(4)7(8,9)10/h2-3,13-14H,1H3. The van der Waals surface area contributed by atoms with Crippen LogP contribution in [0.3, 0.4) is 0 Å². The highest BCUT2D eigenvalue weighted by molar-refractivity contribution is 5.43. The van der Waals surface area contributed by atoms with Gasteiger partial charge in [-0.2, -0.15) is 13.2 Å². The van der Waals surface area contributed by atoms with E-state index in [1.165, 1.54) is 6.92 Å². The molecule has 14 heavy (non-hydrogen) atoms. The molecule has 1 aromatic rings. The van der Waals surface area contributed by atoms with E-state index in [9.17, 15) is 13.2 Å². The predicted molar refractivity (Wildman–Crippen MR) is 40.0 cm³/mol. The highest BCUT2D eigenvalue weighted by Gasteiger charge is 2.34. The van der Waals surface area contributed by atoms with Crippen LogP contribution in [-0.4, -0.2) is 15.4 Å². The lowest BCUT2D eigenvalue weighted by Gasteiger charge is -2.12. The van der Waals surface area contributed by atoms with E-state index in [0.717, 1.165) is 12.3 Å². The number of rotatable bonds is 1. The maximum atomic E-state index is 12.2. The molecule has 0 saturated heterocycles. The summed E-state index contributed by atoms with van der Waals surface area (Å²) >= 11 is 0. The van der Waals surface area contributed by atoms with E-state index in [4.69, 9.17) is 10.4 Å². The molecule has 0 amide bonds. The van der Waals surface area contributed by atoms with Crippen LogP contribution in [0, 0.1) is 6.92 Å². The number of hydrogen-bond donors (Lipinski definition) is 2. The quantitative estimate of drug-likeness (QED) is 0.693. The number of hydrogen-bond acceptors (Lipinski definition) is 4. The molecule has 1 rings (SSSR count). The van der Waals surface area contributed by atoms with Gasteiger partial charge >= 0.3 is 6.18 Å². The Labute approximate surface area is 77.1 Å². The average Bonchev–Trinajstić information content (AvgIpc) is 2.01. The lowest BCUT2D eigenvalue weighted by atomic mass is 10.2. The van der Waals surface area contributed by atoms with Crippen LogP contribution in [0.2, 0.25) is 0 Å². The Morgan fingerprint density at radius 2 is 1.93 bits per heavy atom. The van der Waals surface area contributed by atoms with Gasteiger partial charge in [0.05, 0.1) is 6.20 Å². The fourth-order valence-corrected chi connectivity index (χ4v) is 0.966. The molecule has 78 valence electrons. The molecule has 0 saturated carbocycles. The van der Waals surface area contributed by atoms with Crippen LogP contribution >= 0.6 is 0 Å². The van der Waals surface area contributed by atoms with Gasteiger partial charge in [0.25, 0.3) is 0 Å². The van der Waals surface area contributed by atoms with Crippen molar-refractivity contribution in [3.63, 3.8) is 0 Å². The molecule has 0 aliphatic heterocycles. The molecule has 0 fully saturated rings. The monoisotopic (exact) mass is 208 g/mol. The Bertz CT molecular complexity index is 338. The molecule has 0 aromatic carbocycles. The van der Waals surface area contributed by atoms with Gasteiger partial charge < -0.3 is 0 Å². The zero-order chi connectivity index (χ0) is 10.9. The van der Waals surface area contributed by atoms with Crippen molar-refractivity contribution in [2.24, 2.45) is 0 Å². The molecule has 2 N–H and O–H groups in total. The first-order valence-electron chi connectivity index (χ1n) is 3.54. The molecule has 0 bridgehead atoms. The fourth-order valence-electron chi connectivity index (χ4n) is 0.966. The Kier molecular flexibility index (Phi) is 2.63. The molecule has 7 heteroatoms. The highest BCUT2D eigenvalue weighted by atomic mass is 19.4. The summed E-state index contributed by atoms with van der Waals surface area (Å²) in [6, 6.07) is 0.968. The SMILES string of the molecule is Cc1cc(N(O)O)cnc1C(F)(F)F. The second-order valence-electron chi connectivity index (χ2n) is 2.65. The lowest BCUT2D eigenvalue weighted by molar-refractivity contribution is -0.141. The van der Waals surface area contributed by atoms with Crippen molar-refractivity contribution in [2.45, 2.75) is 13.1 Å². The Morgan fingerprint density at radius 3 is 2.29 bits per heavy atom. The number of halogens is 3. The van der Waals surface area contributed by atoms with Crippen molar-refractivity contribution in [3.05, 3.63) is 23.5 Å². The normalized spacial score (nSPS) is 11.6. The van der Waals surface area contributed by atoms with E-state index in [0.29, 0.717) is 0 Å². The lowest BCUT2D eigenvalue weighted by Crippen LogP contribution is -2.15. The summed E-state index contributed by atoms with van der Waals surface area (Å²) < 4.78 is 36.5.